The summed E-state index contributed by atoms with van der Waals surface area (Å²) in [6, 6.07) is 11.7. The Hall–Kier alpha value is -1.88. The number of hydrogen-bond donors (Lipinski definition) is 0. The van der Waals surface area contributed by atoms with Crippen molar-refractivity contribution in [3.8, 4) is 0 Å². The molecule has 1 aliphatic heterocycles. The van der Waals surface area contributed by atoms with Gasteiger partial charge in [0.2, 0.25) is 5.91 Å². The molecular weight excluding hydrogens is 284 g/mol. The third-order valence-corrected chi connectivity index (χ3v) is 4.63. The number of carbonyl (C=O) groups excluding carboxylic acids is 2. The summed E-state index contributed by atoms with van der Waals surface area (Å²) in [5.41, 5.74) is 0.893. The number of pyridine rings is 1. The van der Waals surface area contributed by atoms with Gasteiger partial charge in [-0.1, -0.05) is 30.0 Å². The van der Waals surface area contributed by atoms with Crippen LogP contribution in [0.25, 0.3) is 10.9 Å². The second-order valence-corrected chi connectivity index (χ2v) is 6.44. The minimum absolute atomic E-state index is 0.0898. The topological polar surface area (TPSA) is 50.3 Å². The highest BCUT2D eigenvalue weighted by Crippen LogP contribution is 2.27. The van der Waals surface area contributed by atoms with Crippen LogP contribution in [-0.4, -0.2) is 28.3 Å². The fraction of sp³-hybridized carbons (Fsp3) is 0.312. The largest absolute Gasteiger partial charge is 0.296 e. The van der Waals surface area contributed by atoms with Crippen LogP contribution in [0.1, 0.15) is 13.3 Å². The number of anilines is 1. The van der Waals surface area contributed by atoms with Crippen LogP contribution < -0.4 is 4.90 Å². The fourth-order valence-electron chi connectivity index (χ4n) is 2.56. The van der Waals surface area contributed by atoms with E-state index in [0.29, 0.717) is 24.5 Å². The first kappa shape index (κ1) is 14.1. The molecule has 3 rings (SSSR count). The molecule has 0 N–H and O–H groups in total. The van der Waals surface area contributed by atoms with Gasteiger partial charge in [0, 0.05) is 31.0 Å². The Bertz CT molecular complexity index is 701. The number of carbonyl (C=O) groups is 2. The molecule has 1 amide bonds. The highest BCUT2D eigenvalue weighted by atomic mass is 32.2. The number of benzene rings is 1. The summed E-state index contributed by atoms with van der Waals surface area (Å²) in [6.07, 6.45) is 0.495. The summed E-state index contributed by atoms with van der Waals surface area (Å²) < 4.78 is 0. The molecule has 0 bridgehead atoms. The number of amides is 1. The molecule has 1 aromatic heterocycles. The summed E-state index contributed by atoms with van der Waals surface area (Å²) in [6.45, 7) is 2.20. The molecule has 5 heteroatoms. The normalized spacial score (nSPS) is 18.4. The predicted molar refractivity (Wildman–Crippen MR) is 85.3 cm³/mol. The third-order valence-electron chi connectivity index (χ3n) is 3.59. The van der Waals surface area contributed by atoms with E-state index >= 15 is 0 Å². The van der Waals surface area contributed by atoms with Gasteiger partial charge in [0.05, 0.1) is 5.52 Å². The van der Waals surface area contributed by atoms with E-state index in [1.165, 1.54) is 11.8 Å². The van der Waals surface area contributed by atoms with Crippen LogP contribution >= 0.6 is 11.8 Å². The van der Waals surface area contributed by atoms with E-state index in [1.807, 2.05) is 36.4 Å². The Morgan fingerprint density at radius 2 is 2.14 bits per heavy atom. The number of hydrogen-bond acceptors (Lipinski definition) is 4. The molecule has 0 spiro atoms. The average Bonchev–Trinajstić information content (AvgIpc) is 2.86. The number of aromatic nitrogens is 1. The standard InChI is InChI=1S/C16H16N2O2S/c1-11(19)21-10-12-8-16(20)18(9-12)15-7-6-13-4-2-3-5-14(13)17-15/h2-7,12H,8-10H2,1H3. The van der Waals surface area contributed by atoms with Gasteiger partial charge in [0.1, 0.15) is 5.82 Å². The van der Waals surface area contributed by atoms with Crippen molar-refractivity contribution < 1.29 is 9.59 Å². The lowest BCUT2D eigenvalue weighted by molar-refractivity contribution is -0.117. The third kappa shape index (κ3) is 3.08. The summed E-state index contributed by atoms with van der Waals surface area (Å²) in [5, 5.41) is 1.17. The van der Waals surface area contributed by atoms with Gasteiger partial charge in [-0.05, 0) is 24.1 Å². The summed E-state index contributed by atoms with van der Waals surface area (Å²) in [5.74, 6) is 1.71. The zero-order valence-electron chi connectivity index (χ0n) is 11.8. The Morgan fingerprint density at radius 3 is 2.95 bits per heavy atom. The summed E-state index contributed by atoms with van der Waals surface area (Å²) in [4.78, 5) is 29.5. The molecule has 4 nitrogen and oxygen atoms in total. The van der Waals surface area contributed by atoms with Gasteiger partial charge in [0.25, 0.3) is 0 Å². The van der Waals surface area contributed by atoms with Gasteiger partial charge in [-0.25, -0.2) is 4.98 Å². The molecule has 1 fully saturated rings. The van der Waals surface area contributed by atoms with Gasteiger partial charge in [-0.3, -0.25) is 14.5 Å². The fourth-order valence-corrected chi connectivity index (χ4v) is 3.25. The van der Waals surface area contributed by atoms with Crippen LogP contribution in [0, 0.1) is 5.92 Å². The first-order valence-electron chi connectivity index (χ1n) is 6.93. The monoisotopic (exact) mass is 300 g/mol. The van der Waals surface area contributed by atoms with E-state index in [9.17, 15) is 9.59 Å². The van der Waals surface area contributed by atoms with Gasteiger partial charge < -0.3 is 0 Å². The van der Waals surface area contributed by atoms with Crippen molar-refractivity contribution in [3.05, 3.63) is 36.4 Å². The maximum atomic E-state index is 12.2. The van der Waals surface area contributed by atoms with Gasteiger partial charge >= 0.3 is 0 Å². The minimum atomic E-state index is 0.0898. The highest BCUT2D eigenvalue weighted by molar-refractivity contribution is 8.13. The Labute approximate surface area is 127 Å². The van der Waals surface area contributed by atoms with E-state index in [4.69, 9.17) is 0 Å². The van der Waals surface area contributed by atoms with Gasteiger partial charge in [0.15, 0.2) is 5.12 Å². The van der Waals surface area contributed by atoms with Crippen molar-refractivity contribution in [2.75, 3.05) is 17.2 Å². The van der Waals surface area contributed by atoms with E-state index in [2.05, 4.69) is 4.98 Å². The summed E-state index contributed by atoms with van der Waals surface area (Å²) in [7, 11) is 0. The molecule has 2 aromatic rings. The van der Waals surface area contributed by atoms with Crippen LogP contribution in [0.5, 0.6) is 0 Å². The molecular formula is C16H16N2O2S. The molecule has 0 aliphatic carbocycles. The number of para-hydroxylation sites is 1. The van der Waals surface area contributed by atoms with E-state index < -0.39 is 0 Å². The second-order valence-electron chi connectivity index (χ2n) is 5.24. The van der Waals surface area contributed by atoms with Crippen molar-refractivity contribution in [2.24, 2.45) is 5.92 Å². The molecule has 0 radical (unpaired) electrons. The van der Waals surface area contributed by atoms with E-state index in [0.717, 1.165) is 10.9 Å². The molecule has 2 heterocycles. The SMILES string of the molecule is CC(=O)SCC1CC(=O)N(c2ccc3ccccc3n2)C1. The molecule has 1 aliphatic rings. The molecule has 1 atom stereocenters. The first-order chi connectivity index (χ1) is 10.1. The van der Waals surface area contributed by atoms with E-state index in [1.54, 1.807) is 11.8 Å². The van der Waals surface area contributed by atoms with Gasteiger partial charge in [-0.2, -0.15) is 0 Å². The maximum Gasteiger partial charge on any atom is 0.228 e. The lowest BCUT2D eigenvalue weighted by Gasteiger charge is -2.16. The smallest absolute Gasteiger partial charge is 0.228 e. The molecule has 1 unspecified atom stereocenters. The van der Waals surface area contributed by atoms with Crippen LogP contribution in [0.15, 0.2) is 36.4 Å². The molecule has 1 aromatic carbocycles. The molecule has 1 saturated heterocycles. The van der Waals surface area contributed by atoms with E-state index in [-0.39, 0.29) is 16.9 Å². The maximum absolute atomic E-state index is 12.2. The lowest BCUT2D eigenvalue weighted by Crippen LogP contribution is -2.25. The highest BCUT2D eigenvalue weighted by Gasteiger charge is 2.31. The minimum Gasteiger partial charge on any atom is -0.296 e. The molecule has 108 valence electrons. The first-order valence-corrected chi connectivity index (χ1v) is 7.91. The Kier molecular flexibility index (Phi) is 3.92. The lowest BCUT2D eigenvalue weighted by atomic mass is 10.1. The number of rotatable bonds is 3. The molecule has 21 heavy (non-hydrogen) atoms. The van der Waals surface area contributed by atoms with Crippen molar-refractivity contribution >= 4 is 39.5 Å². The summed E-state index contributed by atoms with van der Waals surface area (Å²) >= 11 is 1.29. The predicted octanol–water partition coefficient (Wildman–Crippen LogP) is 2.87. The Balaban J connectivity index is 1.79. The van der Waals surface area contributed by atoms with Crippen molar-refractivity contribution in [1.29, 1.82) is 0 Å². The number of thioether (sulfide) groups is 1. The number of nitrogens with zero attached hydrogens (tertiary/aromatic N) is 2. The van der Waals surface area contributed by atoms with Crippen molar-refractivity contribution in [1.82, 2.24) is 4.98 Å². The Morgan fingerprint density at radius 1 is 1.33 bits per heavy atom. The van der Waals surface area contributed by atoms with Crippen LogP contribution in [0.3, 0.4) is 0 Å². The van der Waals surface area contributed by atoms with Gasteiger partial charge in [-0.15, -0.1) is 0 Å². The van der Waals surface area contributed by atoms with Crippen molar-refractivity contribution in [3.63, 3.8) is 0 Å². The van der Waals surface area contributed by atoms with Crippen LogP contribution in [-0.2, 0) is 9.59 Å². The van der Waals surface area contributed by atoms with Crippen LogP contribution in [0.4, 0.5) is 5.82 Å². The average molecular weight is 300 g/mol. The number of fused-ring (bicyclic) bond motifs is 1. The van der Waals surface area contributed by atoms with Crippen LogP contribution in [0.2, 0.25) is 0 Å². The van der Waals surface area contributed by atoms with Crippen molar-refractivity contribution in [2.45, 2.75) is 13.3 Å². The quantitative estimate of drug-likeness (QED) is 0.874. The second kappa shape index (κ2) is 5.85. The zero-order valence-corrected chi connectivity index (χ0v) is 12.6. The zero-order chi connectivity index (χ0) is 14.8. The molecule has 0 saturated carbocycles.